The number of halogens is 1. The van der Waals surface area contributed by atoms with Crippen molar-refractivity contribution < 1.29 is 18.9 Å². The van der Waals surface area contributed by atoms with Crippen LogP contribution in [0.15, 0.2) is 48.5 Å². The Labute approximate surface area is 182 Å². The third kappa shape index (κ3) is 3.94. The fourth-order valence-corrected chi connectivity index (χ4v) is 3.81. The molecule has 10 heteroatoms. The standard InChI is InChI=1S/C22H20FN5O4/c1-13-9-14(2)27(25-13)19-6-4-3-5-18(19)24-22(30)15-10-21(29)26(12-15)16-7-8-17(23)20(11-16)28(31)32/h3-9,11,15H,10,12H2,1-2H3,(H,24,30). The molecule has 0 saturated carbocycles. The van der Waals surface area contributed by atoms with Crippen LogP contribution < -0.4 is 10.2 Å². The average Bonchev–Trinajstić information content (AvgIpc) is 3.30. The molecule has 4 rings (SSSR count). The molecule has 1 aliphatic rings. The Hall–Kier alpha value is -4.08. The second-order valence-corrected chi connectivity index (χ2v) is 7.64. The third-order valence-electron chi connectivity index (χ3n) is 5.33. The van der Waals surface area contributed by atoms with Crippen molar-refractivity contribution in [3.63, 3.8) is 0 Å². The summed E-state index contributed by atoms with van der Waals surface area (Å²) in [5.74, 6) is -2.37. The first kappa shape index (κ1) is 21.2. The summed E-state index contributed by atoms with van der Waals surface area (Å²) in [5.41, 5.74) is 2.45. The van der Waals surface area contributed by atoms with Gasteiger partial charge in [0.25, 0.3) is 0 Å². The minimum atomic E-state index is -0.986. The predicted octanol–water partition coefficient (Wildman–Crippen LogP) is 3.53. The largest absolute Gasteiger partial charge is 0.324 e. The van der Waals surface area contributed by atoms with Crippen LogP contribution >= 0.6 is 0 Å². The molecule has 1 atom stereocenters. The van der Waals surface area contributed by atoms with Crippen molar-refractivity contribution in [1.29, 1.82) is 0 Å². The van der Waals surface area contributed by atoms with Crippen LogP contribution in [0.3, 0.4) is 0 Å². The highest BCUT2D eigenvalue weighted by atomic mass is 19.1. The average molecular weight is 437 g/mol. The highest BCUT2D eigenvalue weighted by Crippen LogP contribution is 2.30. The van der Waals surface area contributed by atoms with Crippen LogP contribution in [0.1, 0.15) is 17.8 Å². The zero-order valence-corrected chi connectivity index (χ0v) is 17.4. The van der Waals surface area contributed by atoms with Gasteiger partial charge in [0.1, 0.15) is 0 Å². The van der Waals surface area contributed by atoms with Gasteiger partial charge >= 0.3 is 5.69 Å². The van der Waals surface area contributed by atoms with E-state index in [9.17, 15) is 24.1 Å². The molecule has 1 N–H and O–H groups in total. The highest BCUT2D eigenvalue weighted by molar-refractivity contribution is 6.04. The van der Waals surface area contributed by atoms with Crippen molar-refractivity contribution in [2.75, 3.05) is 16.8 Å². The smallest absolute Gasteiger partial charge is 0.306 e. The Balaban J connectivity index is 1.54. The van der Waals surface area contributed by atoms with E-state index in [2.05, 4.69) is 10.4 Å². The van der Waals surface area contributed by atoms with Crippen LogP contribution in [0.5, 0.6) is 0 Å². The Morgan fingerprint density at radius 3 is 2.66 bits per heavy atom. The van der Waals surface area contributed by atoms with Gasteiger partial charge in [-0.3, -0.25) is 19.7 Å². The van der Waals surface area contributed by atoms with E-state index >= 15 is 0 Å². The lowest BCUT2D eigenvalue weighted by molar-refractivity contribution is -0.387. The van der Waals surface area contributed by atoms with Crippen molar-refractivity contribution in [2.24, 2.45) is 5.92 Å². The van der Waals surface area contributed by atoms with Gasteiger partial charge in [0, 0.05) is 24.7 Å². The van der Waals surface area contributed by atoms with Crippen molar-refractivity contribution in [1.82, 2.24) is 9.78 Å². The number of aryl methyl sites for hydroxylation is 2. The lowest BCUT2D eigenvalue weighted by atomic mass is 10.1. The number of rotatable bonds is 5. The molecule has 0 radical (unpaired) electrons. The van der Waals surface area contributed by atoms with Crippen molar-refractivity contribution in [2.45, 2.75) is 20.3 Å². The maximum Gasteiger partial charge on any atom is 0.306 e. The number of nitro benzene ring substituents is 1. The number of nitrogens with one attached hydrogen (secondary N) is 1. The molecule has 32 heavy (non-hydrogen) atoms. The SMILES string of the molecule is Cc1cc(C)n(-c2ccccc2NC(=O)C2CC(=O)N(c3ccc(F)c([N+](=O)[O-])c3)C2)n1. The second kappa shape index (κ2) is 8.22. The van der Waals surface area contributed by atoms with E-state index in [0.29, 0.717) is 11.4 Å². The van der Waals surface area contributed by atoms with E-state index in [1.165, 1.54) is 11.0 Å². The third-order valence-corrected chi connectivity index (χ3v) is 5.33. The van der Waals surface area contributed by atoms with Crippen molar-refractivity contribution in [3.8, 4) is 5.69 Å². The van der Waals surface area contributed by atoms with E-state index < -0.39 is 22.3 Å². The van der Waals surface area contributed by atoms with Gasteiger partial charge in [-0.1, -0.05) is 12.1 Å². The lowest BCUT2D eigenvalue weighted by Crippen LogP contribution is -2.28. The molecule has 1 fully saturated rings. The predicted molar refractivity (Wildman–Crippen MR) is 115 cm³/mol. The van der Waals surface area contributed by atoms with E-state index in [4.69, 9.17) is 0 Å². The number of nitro groups is 1. The summed E-state index contributed by atoms with van der Waals surface area (Å²) in [6, 6.07) is 12.4. The van der Waals surface area contributed by atoms with Gasteiger partial charge in [0.05, 0.1) is 33.6 Å². The van der Waals surface area contributed by atoms with Gasteiger partial charge in [-0.2, -0.15) is 9.49 Å². The Morgan fingerprint density at radius 1 is 1.22 bits per heavy atom. The number of aromatic nitrogens is 2. The van der Waals surface area contributed by atoms with Crippen LogP contribution in [0.25, 0.3) is 5.69 Å². The maximum atomic E-state index is 13.6. The molecule has 0 spiro atoms. The molecule has 1 saturated heterocycles. The summed E-state index contributed by atoms with van der Waals surface area (Å²) >= 11 is 0. The molecule has 3 aromatic rings. The first-order valence-electron chi connectivity index (χ1n) is 9.92. The minimum Gasteiger partial charge on any atom is -0.324 e. The van der Waals surface area contributed by atoms with Crippen molar-refractivity contribution >= 4 is 28.9 Å². The highest BCUT2D eigenvalue weighted by Gasteiger charge is 2.36. The minimum absolute atomic E-state index is 0.0372. The molecule has 0 aliphatic carbocycles. The fraction of sp³-hybridized carbons (Fsp3) is 0.227. The molecular weight excluding hydrogens is 417 g/mol. The number of benzene rings is 2. The van der Waals surface area contributed by atoms with Gasteiger partial charge in [0.2, 0.25) is 17.6 Å². The monoisotopic (exact) mass is 437 g/mol. The normalized spacial score (nSPS) is 15.8. The number of nitrogens with zero attached hydrogens (tertiary/aromatic N) is 4. The molecule has 0 bridgehead atoms. The lowest BCUT2D eigenvalue weighted by Gasteiger charge is -2.17. The molecule has 2 heterocycles. The Bertz CT molecular complexity index is 1240. The van der Waals surface area contributed by atoms with Crippen LogP contribution in [0, 0.1) is 35.7 Å². The van der Waals surface area contributed by atoms with Gasteiger partial charge in [-0.05, 0) is 44.2 Å². The number of carbonyl (C=O) groups excluding carboxylic acids is 2. The summed E-state index contributed by atoms with van der Waals surface area (Å²) in [4.78, 5) is 36.9. The van der Waals surface area contributed by atoms with Gasteiger partial charge in [-0.25, -0.2) is 4.68 Å². The molecule has 2 aromatic carbocycles. The van der Waals surface area contributed by atoms with E-state index in [1.54, 1.807) is 16.8 Å². The zero-order valence-electron chi connectivity index (χ0n) is 17.4. The van der Waals surface area contributed by atoms with E-state index in [1.807, 2.05) is 32.0 Å². The second-order valence-electron chi connectivity index (χ2n) is 7.64. The van der Waals surface area contributed by atoms with Crippen LogP contribution in [0.4, 0.5) is 21.5 Å². The fourth-order valence-electron chi connectivity index (χ4n) is 3.81. The van der Waals surface area contributed by atoms with Crippen molar-refractivity contribution in [3.05, 3.63) is 75.9 Å². The van der Waals surface area contributed by atoms with Crippen LogP contribution in [0.2, 0.25) is 0 Å². The molecule has 2 amide bonds. The van der Waals surface area contributed by atoms with Crippen LogP contribution in [-0.2, 0) is 9.59 Å². The number of amides is 2. The number of carbonyl (C=O) groups is 2. The number of anilines is 2. The molecule has 1 unspecified atom stereocenters. The number of hydrogen-bond acceptors (Lipinski definition) is 5. The molecule has 1 aromatic heterocycles. The Morgan fingerprint density at radius 2 is 1.97 bits per heavy atom. The van der Waals surface area contributed by atoms with Crippen LogP contribution in [-0.4, -0.2) is 33.1 Å². The number of hydrogen-bond donors (Lipinski definition) is 1. The molecule has 164 valence electrons. The summed E-state index contributed by atoms with van der Waals surface area (Å²) < 4.78 is 15.4. The maximum absolute atomic E-state index is 13.6. The quantitative estimate of drug-likeness (QED) is 0.485. The summed E-state index contributed by atoms with van der Waals surface area (Å²) in [6.45, 7) is 3.83. The molecule has 9 nitrogen and oxygen atoms in total. The first-order chi connectivity index (χ1) is 15.2. The van der Waals surface area contributed by atoms with Gasteiger partial charge in [-0.15, -0.1) is 0 Å². The summed E-state index contributed by atoms with van der Waals surface area (Å²) in [7, 11) is 0. The van der Waals surface area contributed by atoms with E-state index in [0.717, 1.165) is 23.5 Å². The zero-order chi connectivity index (χ0) is 23.0. The summed E-state index contributed by atoms with van der Waals surface area (Å²) in [5, 5.41) is 18.3. The molecular formula is C22H20FN5O4. The van der Waals surface area contributed by atoms with Gasteiger partial charge in [0.15, 0.2) is 0 Å². The van der Waals surface area contributed by atoms with Gasteiger partial charge < -0.3 is 10.2 Å². The Kier molecular flexibility index (Phi) is 5.43. The topological polar surface area (TPSA) is 110 Å². The number of para-hydroxylation sites is 2. The molecule has 1 aliphatic heterocycles. The summed E-state index contributed by atoms with van der Waals surface area (Å²) in [6.07, 6.45) is -0.0565. The first-order valence-corrected chi connectivity index (χ1v) is 9.92. The van der Waals surface area contributed by atoms with E-state index in [-0.39, 0.29) is 30.5 Å².